The molecule has 120 valence electrons. The van der Waals surface area contributed by atoms with Crippen LogP contribution < -0.4 is 5.56 Å². The Morgan fingerprint density at radius 1 is 1.22 bits per heavy atom. The minimum absolute atomic E-state index is 0.000923. The van der Waals surface area contributed by atoms with Gasteiger partial charge in [0.1, 0.15) is 0 Å². The van der Waals surface area contributed by atoms with Crippen molar-refractivity contribution in [2.45, 2.75) is 33.7 Å². The van der Waals surface area contributed by atoms with Crippen LogP contribution in [0.3, 0.4) is 0 Å². The number of aryl methyl sites for hydroxylation is 1. The molecular formula is C17H19BrN4O. The van der Waals surface area contributed by atoms with Crippen LogP contribution in [0.1, 0.15) is 27.2 Å². The molecule has 0 aliphatic rings. The zero-order valence-electron chi connectivity index (χ0n) is 13.5. The summed E-state index contributed by atoms with van der Waals surface area (Å²) >= 11 is 3.43. The highest BCUT2D eigenvalue weighted by molar-refractivity contribution is 9.10. The number of aromatic nitrogens is 4. The second-order valence-electron chi connectivity index (χ2n) is 6.83. The van der Waals surface area contributed by atoms with Crippen LogP contribution >= 0.6 is 15.9 Å². The third-order valence-electron chi connectivity index (χ3n) is 3.72. The predicted octanol–water partition coefficient (Wildman–Crippen LogP) is 3.76. The van der Waals surface area contributed by atoms with E-state index in [4.69, 9.17) is 0 Å². The summed E-state index contributed by atoms with van der Waals surface area (Å²) in [4.78, 5) is 16.9. The standard InChI is InChI=1S/C17H19BrN4O/c1-17(2,3)6-9-21-7-4-12(10-15(21)23)14-5-8-22-16(20-14)13(18)11-19-22/h4-5,7-8,10-11H,6,9H2,1-3H3. The van der Waals surface area contributed by atoms with Crippen LogP contribution in [0.4, 0.5) is 0 Å². The molecule has 0 aliphatic heterocycles. The van der Waals surface area contributed by atoms with Gasteiger partial charge in [-0.05, 0) is 39.9 Å². The Bertz CT molecular complexity index is 905. The molecule has 0 aliphatic carbocycles. The first-order valence-electron chi connectivity index (χ1n) is 7.54. The summed E-state index contributed by atoms with van der Waals surface area (Å²) in [7, 11) is 0. The molecule has 0 bridgehead atoms. The highest BCUT2D eigenvalue weighted by atomic mass is 79.9. The molecule has 5 nitrogen and oxygen atoms in total. The number of fused-ring (bicyclic) bond motifs is 1. The summed E-state index contributed by atoms with van der Waals surface area (Å²) in [6.07, 6.45) is 6.35. The van der Waals surface area contributed by atoms with Crippen LogP contribution in [0.2, 0.25) is 0 Å². The smallest absolute Gasteiger partial charge is 0.251 e. The van der Waals surface area contributed by atoms with Crippen molar-refractivity contribution in [2.75, 3.05) is 0 Å². The van der Waals surface area contributed by atoms with E-state index in [0.717, 1.165) is 34.3 Å². The predicted molar refractivity (Wildman–Crippen MR) is 94.5 cm³/mol. The van der Waals surface area contributed by atoms with Gasteiger partial charge in [0.2, 0.25) is 0 Å². The lowest BCUT2D eigenvalue weighted by Gasteiger charge is -2.18. The third kappa shape index (κ3) is 3.52. The lowest BCUT2D eigenvalue weighted by Crippen LogP contribution is -2.21. The van der Waals surface area contributed by atoms with Crippen molar-refractivity contribution in [3.63, 3.8) is 0 Å². The van der Waals surface area contributed by atoms with Crippen LogP contribution in [0.25, 0.3) is 16.9 Å². The molecule has 0 saturated carbocycles. The van der Waals surface area contributed by atoms with Gasteiger partial charge in [-0.1, -0.05) is 20.8 Å². The van der Waals surface area contributed by atoms with Gasteiger partial charge in [-0.3, -0.25) is 4.79 Å². The molecule has 0 saturated heterocycles. The van der Waals surface area contributed by atoms with E-state index in [1.54, 1.807) is 21.3 Å². The van der Waals surface area contributed by atoms with Crippen LogP contribution in [0.15, 0.2) is 46.1 Å². The summed E-state index contributed by atoms with van der Waals surface area (Å²) in [5.41, 5.74) is 2.52. The van der Waals surface area contributed by atoms with Crippen molar-refractivity contribution in [1.29, 1.82) is 0 Å². The van der Waals surface area contributed by atoms with Gasteiger partial charge in [0.05, 0.1) is 16.4 Å². The summed E-state index contributed by atoms with van der Waals surface area (Å²) in [6, 6.07) is 5.44. The summed E-state index contributed by atoms with van der Waals surface area (Å²) < 4.78 is 4.28. The molecule has 6 heteroatoms. The van der Waals surface area contributed by atoms with E-state index in [-0.39, 0.29) is 11.0 Å². The third-order valence-corrected chi connectivity index (χ3v) is 4.28. The van der Waals surface area contributed by atoms with Crippen molar-refractivity contribution in [2.24, 2.45) is 5.41 Å². The Morgan fingerprint density at radius 3 is 2.70 bits per heavy atom. The minimum Gasteiger partial charge on any atom is -0.315 e. The molecule has 0 aromatic carbocycles. The molecule has 0 N–H and O–H groups in total. The van der Waals surface area contributed by atoms with Crippen molar-refractivity contribution in [3.05, 3.63) is 51.6 Å². The number of pyridine rings is 1. The average Bonchev–Trinajstić information content (AvgIpc) is 2.86. The summed E-state index contributed by atoms with van der Waals surface area (Å²) in [6.45, 7) is 7.25. The van der Waals surface area contributed by atoms with Gasteiger partial charge in [0.15, 0.2) is 5.65 Å². The lowest BCUT2D eigenvalue weighted by molar-refractivity contribution is 0.348. The fraction of sp³-hybridized carbons (Fsp3) is 0.353. The number of nitrogens with zero attached hydrogens (tertiary/aromatic N) is 4. The normalized spacial score (nSPS) is 12.0. The van der Waals surface area contributed by atoms with Crippen molar-refractivity contribution in [3.8, 4) is 11.3 Å². The topological polar surface area (TPSA) is 52.2 Å². The number of hydrogen-bond acceptors (Lipinski definition) is 3. The van der Waals surface area contributed by atoms with Gasteiger partial charge in [-0.25, -0.2) is 9.50 Å². The number of rotatable bonds is 3. The van der Waals surface area contributed by atoms with E-state index in [9.17, 15) is 4.79 Å². The van der Waals surface area contributed by atoms with Crippen molar-refractivity contribution < 1.29 is 0 Å². The number of halogens is 1. The molecule has 0 fully saturated rings. The highest BCUT2D eigenvalue weighted by Crippen LogP contribution is 2.21. The van der Waals surface area contributed by atoms with E-state index in [1.807, 2.05) is 24.5 Å². The van der Waals surface area contributed by atoms with Gasteiger partial charge in [0, 0.05) is 30.6 Å². The molecular weight excluding hydrogens is 356 g/mol. The van der Waals surface area contributed by atoms with Crippen LogP contribution in [0.5, 0.6) is 0 Å². The molecule has 0 radical (unpaired) electrons. The summed E-state index contributed by atoms with van der Waals surface area (Å²) in [5, 5.41) is 4.17. The molecule has 23 heavy (non-hydrogen) atoms. The maximum atomic E-state index is 12.3. The molecule has 3 rings (SSSR count). The Kier molecular flexibility index (Phi) is 4.10. The second-order valence-corrected chi connectivity index (χ2v) is 7.69. The maximum Gasteiger partial charge on any atom is 0.251 e. The Hall–Kier alpha value is -1.95. The Morgan fingerprint density at radius 2 is 2.00 bits per heavy atom. The molecule has 0 spiro atoms. The highest BCUT2D eigenvalue weighted by Gasteiger charge is 2.11. The molecule has 0 amide bonds. The van der Waals surface area contributed by atoms with Gasteiger partial charge in [0.25, 0.3) is 5.56 Å². The van der Waals surface area contributed by atoms with E-state index in [1.165, 1.54) is 0 Å². The largest absolute Gasteiger partial charge is 0.315 e. The fourth-order valence-corrected chi connectivity index (χ4v) is 2.67. The first-order valence-corrected chi connectivity index (χ1v) is 8.33. The first kappa shape index (κ1) is 15.9. The molecule has 0 unspecified atom stereocenters. The van der Waals surface area contributed by atoms with Crippen molar-refractivity contribution in [1.82, 2.24) is 19.2 Å². The Labute approximate surface area is 143 Å². The van der Waals surface area contributed by atoms with Crippen molar-refractivity contribution >= 4 is 21.6 Å². The van der Waals surface area contributed by atoms with Crippen LogP contribution in [0, 0.1) is 5.41 Å². The zero-order valence-corrected chi connectivity index (χ0v) is 15.0. The van der Waals surface area contributed by atoms with E-state index in [0.29, 0.717) is 0 Å². The minimum atomic E-state index is 0.000923. The fourth-order valence-electron chi connectivity index (χ4n) is 2.31. The van der Waals surface area contributed by atoms with Crippen LogP contribution in [-0.4, -0.2) is 19.2 Å². The number of hydrogen-bond donors (Lipinski definition) is 0. The molecule has 3 aromatic rings. The van der Waals surface area contributed by atoms with Gasteiger partial charge in [-0.15, -0.1) is 0 Å². The second kappa shape index (κ2) is 5.92. The van der Waals surface area contributed by atoms with Gasteiger partial charge >= 0.3 is 0 Å². The molecule has 3 aromatic heterocycles. The monoisotopic (exact) mass is 374 g/mol. The lowest BCUT2D eigenvalue weighted by atomic mass is 9.92. The van der Waals surface area contributed by atoms with E-state index >= 15 is 0 Å². The van der Waals surface area contributed by atoms with E-state index < -0.39 is 0 Å². The van der Waals surface area contributed by atoms with Gasteiger partial charge < -0.3 is 4.57 Å². The van der Waals surface area contributed by atoms with E-state index in [2.05, 4.69) is 46.8 Å². The first-order chi connectivity index (χ1) is 10.8. The zero-order chi connectivity index (χ0) is 16.6. The average molecular weight is 375 g/mol. The maximum absolute atomic E-state index is 12.3. The summed E-state index contributed by atoms with van der Waals surface area (Å²) in [5.74, 6) is 0. The Balaban J connectivity index is 1.92. The molecule has 3 heterocycles. The molecule has 0 atom stereocenters. The van der Waals surface area contributed by atoms with Gasteiger partial charge in [-0.2, -0.15) is 5.10 Å². The quantitative estimate of drug-likeness (QED) is 0.701. The SMILES string of the molecule is CC(C)(C)CCn1ccc(-c2ccn3ncc(Br)c3n2)cc1=O. The van der Waals surface area contributed by atoms with Crippen LogP contribution in [-0.2, 0) is 6.54 Å².